The van der Waals surface area contributed by atoms with Crippen LogP contribution in [0.3, 0.4) is 0 Å². The number of para-hydroxylation sites is 1. The molecular formula is C20H18N4O3S. The number of carbonyl (C=O) groups excluding carboxylic acids is 1. The molecule has 0 saturated heterocycles. The number of carbonyl (C=O) groups is 1. The van der Waals surface area contributed by atoms with E-state index in [0.29, 0.717) is 5.82 Å². The van der Waals surface area contributed by atoms with Crippen LogP contribution in [0.1, 0.15) is 22.8 Å². The maximum Gasteiger partial charge on any atom is 0.310 e. The fourth-order valence-electron chi connectivity index (χ4n) is 2.91. The van der Waals surface area contributed by atoms with E-state index in [1.807, 2.05) is 65.7 Å². The van der Waals surface area contributed by atoms with Gasteiger partial charge in [-0.25, -0.2) is 4.68 Å². The molecule has 0 N–H and O–H groups in total. The Morgan fingerprint density at radius 3 is 2.79 bits per heavy atom. The van der Waals surface area contributed by atoms with E-state index in [4.69, 9.17) is 9.26 Å². The van der Waals surface area contributed by atoms with Gasteiger partial charge in [-0.2, -0.15) is 21.4 Å². The first-order valence-corrected chi connectivity index (χ1v) is 9.67. The molecule has 8 heteroatoms. The van der Waals surface area contributed by atoms with Crippen LogP contribution in [-0.4, -0.2) is 25.9 Å². The van der Waals surface area contributed by atoms with Crippen molar-refractivity contribution in [2.75, 3.05) is 0 Å². The largest absolute Gasteiger partial charge is 0.455 e. The monoisotopic (exact) mass is 394 g/mol. The molecule has 0 aliphatic rings. The van der Waals surface area contributed by atoms with Gasteiger partial charge in [0.25, 0.3) is 5.89 Å². The van der Waals surface area contributed by atoms with Crippen LogP contribution < -0.4 is 0 Å². The molecule has 4 aromatic rings. The number of thiophene rings is 1. The van der Waals surface area contributed by atoms with Crippen molar-refractivity contribution in [1.82, 2.24) is 19.9 Å². The average molecular weight is 394 g/mol. The van der Waals surface area contributed by atoms with Crippen molar-refractivity contribution in [3.05, 3.63) is 70.0 Å². The van der Waals surface area contributed by atoms with Crippen LogP contribution in [0.4, 0.5) is 0 Å². The van der Waals surface area contributed by atoms with E-state index in [0.717, 1.165) is 28.2 Å². The molecule has 7 nitrogen and oxygen atoms in total. The van der Waals surface area contributed by atoms with Gasteiger partial charge in [0.05, 0.1) is 17.8 Å². The highest BCUT2D eigenvalue weighted by molar-refractivity contribution is 7.08. The lowest BCUT2D eigenvalue weighted by molar-refractivity contribution is -0.144. The van der Waals surface area contributed by atoms with Crippen molar-refractivity contribution >= 4 is 17.3 Å². The zero-order valence-corrected chi connectivity index (χ0v) is 16.3. The number of aromatic nitrogens is 4. The molecular weight excluding hydrogens is 376 g/mol. The van der Waals surface area contributed by atoms with Gasteiger partial charge in [0, 0.05) is 22.2 Å². The predicted molar refractivity (Wildman–Crippen MR) is 104 cm³/mol. The lowest BCUT2D eigenvalue weighted by Gasteiger charge is -2.05. The molecule has 142 valence electrons. The van der Waals surface area contributed by atoms with Gasteiger partial charge in [-0.1, -0.05) is 23.4 Å². The molecule has 0 spiro atoms. The molecule has 0 amide bonds. The lowest BCUT2D eigenvalue weighted by Crippen LogP contribution is -2.09. The van der Waals surface area contributed by atoms with Gasteiger partial charge in [-0.3, -0.25) is 4.79 Å². The summed E-state index contributed by atoms with van der Waals surface area (Å²) in [7, 11) is 0. The first-order chi connectivity index (χ1) is 13.6. The smallest absolute Gasteiger partial charge is 0.310 e. The Hall–Kier alpha value is -3.26. The zero-order chi connectivity index (χ0) is 19.5. The number of benzene rings is 1. The van der Waals surface area contributed by atoms with Gasteiger partial charge in [0.15, 0.2) is 6.61 Å². The third kappa shape index (κ3) is 3.72. The summed E-state index contributed by atoms with van der Waals surface area (Å²) in [5.74, 6) is 0.389. The SMILES string of the molecule is Cc1nn(-c2ccccc2)c(C)c1CC(=O)OCc1nc(-c2ccsc2)no1. The second-order valence-electron chi connectivity index (χ2n) is 6.26. The molecule has 3 heterocycles. The second-order valence-corrected chi connectivity index (χ2v) is 7.04. The van der Waals surface area contributed by atoms with Crippen molar-refractivity contribution in [1.29, 1.82) is 0 Å². The molecule has 28 heavy (non-hydrogen) atoms. The molecule has 0 aliphatic heterocycles. The van der Waals surface area contributed by atoms with Crippen molar-refractivity contribution in [2.45, 2.75) is 26.9 Å². The van der Waals surface area contributed by atoms with E-state index in [2.05, 4.69) is 15.2 Å². The van der Waals surface area contributed by atoms with E-state index in [1.54, 1.807) is 11.3 Å². The maximum absolute atomic E-state index is 12.3. The summed E-state index contributed by atoms with van der Waals surface area (Å²) in [4.78, 5) is 16.6. The van der Waals surface area contributed by atoms with Crippen LogP contribution in [0.5, 0.6) is 0 Å². The number of hydrogen-bond donors (Lipinski definition) is 0. The first kappa shape index (κ1) is 18.1. The predicted octanol–water partition coefficient (Wildman–Crippen LogP) is 3.89. The van der Waals surface area contributed by atoms with Crippen LogP contribution in [0, 0.1) is 13.8 Å². The van der Waals surface area contributed by atoms with Gasteiger partial charge in [0.2, 0.25) is 5.82 Å². The van der Waals surface area contributed by atoms with E-state index >= 15 is 0 Å². The summed E-state index contributed by atoms with van der Waals surface area (Å²) in [6.45, 7) is 3.78. The molecule has 0 aliphatic carbocycles. The van der Waals surface area contributed by atoms with Crippen LogP contribution in [0.15, 0.2) is 51.7 Å². The molecule has 0 saturated carbocycles. The Labute approximate surface area is 165 Å². The van der Waals surface area contributed by atoms with E-state index < -0.39 is 0 Å². The molecule has 0 radical (unpaired) electrons. The molecule has 0 unspecified atom stereocenters. The maximum atomic E-state index is 12.3. The standard InChI is InChI=1S/C20H18N4O3S/c1-13-17(14(2)24(22-13)16-6-4-3-5-7-16)10-19(25)26-11-18-21-20(23-27-18)15-8-9-28-12-15/h3-9,12H,10-11H2,1-2H3. The fraction of sp³-hybridized carbons (Fsp3) is 0.200. The quantitative estimate of drug-likeness (QED) is 0.462. The summed E-state index contributed by atoms with van der Waals surface area (Å²) >= 11 is 1.55. The minimum absolute atomic E-state index is 0.0547. The van der Waals surface area contributed by atoms with Crippen LogP contribution in [0.25, 0.3) is 17.1 Å². The highest BCUT2D eigenvalue weighted by Crippen LogP contribution is 2.20. The zero-order valence-electron chi connectivity index (χ0n) is 15.5. The number of ether oxygens (including phenoxy) is 1. The Kier molecular flexibility index (Phi) is 5.03. The van der Waals surface area contributed by atoms with E-state index in [1.165, 1.54) is 0 Å². The highest BCUT2D eigenvalue weighted by atomic mass is 32.1. The molecule has 3 aromatic heterocycles. The average Bonchev–Trinajstić information content (AvgIpc) is 3.44. The Morgan fingerprint density at radius 1 is 1.21 bits per heavy atom. The van der Waals surface area contributed by atoms with Gasteiger partial charge in [-0.15, -0.1) is 0 Å². The summed E-state index contributed by atoms with van der Waals surface area (Å²) in [6.07, 6.45) is 0.135. The third-order valence-electron chi connectivity index (χ3n) is 4.37. The van der Waals surface area contributed by atoms with Gasteiger partial charge >= 0.3 is 5.97 Å². The Morgan fingerprint density at radius 2 is 2.04 bits per heavy atom. The summed E-state index contributed by atoms with van der Waals surface area (Å²) in [6, 6.07) is 11.7. The van der Waals surface area contributed by atoms with Crippen molar-refractivity contribution in [2.24, 2.45) is 0 Å². The Balaban J connectivity index is 1.41. The van der Waals surface area contributed by atoms with E-state index in [9.17, 15) is 4.79 Å². The molecule has 0 bridgehead atoms. The van der Waals surface area contributed by atoms with Crippen LogP contribution in [-0.2, 0) is 22.6 Å². The van der Waals surface area contributed by atoms with Crippen LogP contribution >= 0.6 is 11.3 Å². The minimum atomic E-state index is -0.367. The number of esters is 1. The molecule has 0 atom stereocenters. The van der Waals surface area contributed by atoms with Gasteiger partial charge in [-0.05, 0) is 37.4 Å². The molecule has 4 rings (SSSR count). The lowest BCUT2D eigenvalue weighted by atomic mass is 10.1. The van der Waals surface area contributed by atoms with Gasteiger partial charge < -0.3 is 9.26 Å². The topological polar surface area (TPSA) is 83.0 Å². The van der Waals surface area contributed by atoms with Gasteiger partial charge in [0.1, 0.15) is 0 Å². The normalized spacial score (nSPS) is 10.9. The van der Waals surface area contributed by atoms with E-state index in [-0.39, 0.29) is 24.9 Å². The van der Waals surface area contributed by atoms with Crippen molar-refractivity contribution in [3.63, 3.8) is 0 Å². The van der Waals surface area contributed by atoms with Crippen LogP contribution in [0.2, 0.25) is 0 Å². The highest BCUT2D eigenvalue weighted by Gasteiger charge is 2.18. The minimum Gasteiger partial charge on any atom is -0.455 e. The second kappa shape index (κ2) is 7.77. The van der Waals surface area contributed by atoms with Crippen molar-refractivity contribution in [3.8, 4) is 17.1 Å². The Bertz CT molecular complexity index is 1080. The molecule has 1 aromatic carbocycles. The third-order valence-corrected chi connectivity index (χ3v) is 5.05. The number of hydrogen-bond acceptors (Lipinski definition) is 7. The number of rotatable bonds is 6. The number of nitrogens with zero attached hydrogens (tertiary/aromatic N) is 4. The summed E-state index contributed by atoms with van der Waals surface area (Å²) in [5.41, 5.74) is 4.41. The summed E-state index contributed by atoms with van der Waals surface area (Å²) < 4.78 is 12.3. The molecule has 0 fully saturated rings. The fourth-order valence-corrected chi connectivity index (χ4v) is 3.55. The summed E-state index contributed by atoms with van der Waals surface area (Å²) in [5, 5.41) is 12.3. The first-order valence-electron chi connectivity index (χ1n) is 8.73. The van der Waals surface area contributed by atoms with Crippen molar-refractivity contribution < 1.29 is 14.1 Å². The number of aryl methyl sites for hydroxylation is 1.